The lowest BCUT2D eigenvalue weighted by atomic mass is 9.91. The molecule has 0 saturated carbocycles. The van der Waals surface area contributed by atoms with Crippen LogP contribution in [0.2, 0.25) is 0 Å². The Hall–Kier alpha value is -9.13. The van der Waals surface area contributed by atoms with Gasteiger partial charge in [0.1, 0.15) is 11.2 Å². The van der Waals surface area contributed by atoms with Gasteiger partial charge in [-0.1, -0.05) is 176 Å². The van der Waals surface area contributed by atoms with E-state index in [1.165, 1.54) is 37.9 Å². The van der Waals surface area contributed by atoms with Gasteiger partial charge in [0.25, 0.3) is 0 Å². The molecule has 4 heterocycles. The van der Waals surface area contributed by atoms with Crippen molar-refractivity contribution in [3.8, 4) is 39.9 Å². The molecule has 322 valence electrons. The first-order valence-electron chi connectivity index (χ1n) is 23.6. The third-order valence-electron chi connectivity index (χ3n) is 14.5. The molecule has 1 aliphatic heterocycles. The summed E-state index contributed by atoms with van der Waals surface area (Å²) >= 11 is 0. The molecule has 2 unspecified atom stereocenters. The molecular weight excluding hydrogens is 843 g/mol. The lowest BCUT2D eigenvalue weighted by Crippen LogP contribution is -2.28. The van der Waals surface area contributed by atoms with Crippen LogP contribution in [0.5, 0.6) is 0 Å². The van der Waals surface area contributed by atoms with Gasteiger partial charge in [0.15, 0.2) is 17.5 Å². The second-order valence-electron chi connectivity index (χ2n) is 18.3. The molecule has 1 aliphatic carbocycles. The Kier molecular flexibility index (Phi) is 8.09. The Balaban J connectivity index is 0.986. The fourth-order valence-electron chi connectivity index (χ4n) is 11.4. The fourth-order valence-corrected chi connectivity index (χ4v) is 11.4. The number of fused-ring (bicyclic) bond motifs is 14. The van der Waals surface area contributed by atoms with Crippen molar-refractivity contribution in [2.45, 2.75) is 12.0 Å². The molecular formula is C63H39N5O. The topological polar surface area (TPSA) is 60.0 Å². The van der Waals surface area contributed by atoms with Crippen molar-refractivity contribution in [2.24, 2.45) is 0 Å². The van der Waals surface area contributed by atoms with Crippen LogP contribution in [0.3, 0.4) is 0 Å². The van der Waals surface area contributed by atoms with Crippen LogP contribution < -0.4 is 4.90 Å². The minimum atomic E-state index is 0.172. The minimum absolute atomic E-state index is 0.172. The monoisotopic (exact) mass is 881 g/mol. The Bertz CT molecular complexity index is 4340. The molecule has 2 aliphatic rings. The number of benzene rings is 10. The summed E-state index contributed by atoms with van der Waals surface area (Å²) in [5.41, 5.74) is 11.3. The summed E-state index contributed by atoms with van der Waals surface area (Å²) in [4.78, 5) is 18.4. The van der Waals surface area contributed by atoms with Crippen molar-refractivity contribution in [3.63, 3.8) is 0 Å². The van der Waals surface area contributed by atoms with E-state index < -0.39 is 0 Å². The van der Waals surface area contributed by atoms with Crippen LogP contribution in [0, 0.1) is 0 Å². The molecule has 0 radical (unpaired) electrons. The molecule has 3 aromatic heterocycles. The maximum atomic E-state index is 6.97. The molecule has 0 bridgehead atoms. The van der Waals surface area contributed by atoms with E-state index in [4.69, 9.17) is 19.4 Å². The van der Waals surface area contributed by atoms with Gasteiger partial charge in [-0.3, -0.25) is 0 Å². The zero-order chi connectivity index (χ0) is 45.2. The molecule has 0 amide bonds. The highest BCUT2D eigenvalue weighted by atomic mass is 16.3. The van der Waals surface area contributed by atoms with Gasteiger partial charge in [0.05, 0.1) is 22.8 Å². The number of anilines is 2. The number of furan rings is 1. The SMILES string of the molecule is C1=CC2c3ccc(-c4nc(-c5ccccc5)nc(-c5cccc6oc7c8ccccc8c(-n8c9cc%10ccccc%10cc9c9c%10ccccc%10ccc98)cc7c56)n4)cc3N(c3ccccc3)C2C=C1. The maximum Gasteiger partial charge on any atom is 0.164 e. The molecule has 0 fully saturated rings. The highest BCUT2D eigenvalue weighted by Gasteiger charge is 2.37. The normalized spacial score (nSPS) is 15.4. The van der Waals surface area contributed by atoms with E-state index in [9.17, 15) is 0 Å². The smallest absolute Gasteiger partial charge is 0.164 e. The Morgan fingerprint density at radius 1 is 0.420 bits per heavy atom. The Labute approximate surface area is 396 Å². The summed E-state index contributed by atoms with van der Waals surface area (Å²) in [6.45, 7) is 0. The first-order valence-corrected chi connectivity index (χ1v) is 23.6. The number of rotatable bonds is 5. The molecule has 0 N–H and O–H groups in total. The molecule has 0 spiro atoms. The maximum absolute atomic E-state index is 6.97. The second kappa shape index (κ2) is 14.7. The van der Waals surface area contributed by atoms with E-state index in [0.29, 0.717) is 17.5 Å². The van der Waals surface area contributed by atoms with E-state index in [2.05, 4.69) is 210 Å². The lowest BCUT2D eigenvalue weighted by molar-refractivity contribution is 0.672. The number of hydrogen-bond acceptors (Lipinski definition) is 5. The molecule has 13 aromatic rings. The van der Waals surface area contributed by atoms with Crippen molar-refractivity contribution in [3.05, 3.63) is 230 Å². The fraction of sp³-hybridized carbons (Fsp3) is 0.0317. The molecule has 2 atom stereocenters. The van der Waals surface area contributed by atoms with Crippen molar-refractivity contribution < 1.29 is 4.42 Å². The molecule has 6 heteroatoms. The number of hydrogen-bond donors (Lipinski definition) is 0. The number of allylic oxidation sites excluding steroid dienone is 2. The molecule has 6 nitrogen and oxygen atoms in total. The average molecular weight is 882 g/mol. The van der Waals surface area contributed by atoms with Gasteiger partial charge in [0.2, 0.25) is 0 Å². The predicted molar refractivity (Wildman–Crippen MR) is 284 cm³/mol. The third-order valence-corrected chi connectivity index (χ3v) is 14.5. The number of aromatic nitrogens is 4. The molecule has 15 rings (SSSR count). The molecule has 0 saturated heterocycles. The molecule has 10 aromatic carbocycles. The van der Waals surface area contributed by atoms with E-state index in [1.807, 2.05) is 24.3 Å². The zero-order valence-corrected chi connectivity index (χ0v) is 37.2. The minimum Gasteiger partial charge on any atom is -0.455 e. The zero-order valence-electron chi connectivity index (χ0n) is 37.2. The largest absolute Gasteiger partial charge is 0.455 e. The first kappa shape index (κ1) is 38.0. The van der Waals surface area contributed by atoms with E-state index in [0.717, 1.165) is 77.5 Å². The summed E-state index contributed by atoms with van der Waals surface area (Å²) in [5, 5.41) is 11.4. The number of para-hydroxylation sites is 1. The highest BCUT2D eigenvalue weighted by molar-refractivity contribution is 6.25. The van der Waals surface area contributed by atoms with Gasteiger partial charge < -0.3 is 13.9 Å². The summed E-state index contributed by atoms with van der Waals surface area (Å²) in [5.74, 6) is 2.03. The lowest BCUT2D eigenvalue weighted by Gasteiger charge is -2.28. The van der Waals surface area contributed by atoms with Crippen molar-refractivity contribution in [1.29, 1.82) is 0 Å². The summed E-state index contributed by atoms with van der Waals surface area (Å²) in [6, 6.07) is 71.6. The quantitative estimate of drug-likeness (QED) is 0.172. The van der Waals surface area contributed by atoms with Gasteiger partial charge in [-0.25, -0.2) is 15.0 Å². The number of nitrogens with zero attached hydrogens (tertiary/aromatic N) is 5. The third kappa shape index (κ3) is 5.69. The van der Waals surface area contributed by atoms with Crippen molar-refractivity contribution in [2.75, 3.05) is 4.90 Å². The predicted octanol–water partition coefficient (Wildman–Crippen LogP) is 16.1. The summed E-state index contributed by atoms with van der Waals surface area (Å²) in [7, 11) is 0. The average Bonchev–Trinajstić information content (AvgIpc) is 4.08. The first-order chi connectivity index (χ1) is 34.2. The standard InChI is InChI=1S/C63H39N5O/c1-3-17-39(18-4-1)61-64-62(42-30-32-47-45-24-13-14-28-52(45)67(54(47)36-42)43-21-5-2-6-22-43)66-63(65-61)49-27-15-29-57-59(49)51-37-56(46-25-11-12-26-48(46)60(51)69-57)68-53-33-31-38-16-9-10-23-44(38)58(53)50-34-40-19-7-8-20-41(40)35-55(50)68/h1-37,45,52H. The van der Waals surface area contributed by atoms with Gasteiger partial charge in [-0.15, -0.1) is 0 Å². The van der Waals surface area contributed by atoms with Crippen LogP contribution in [0.1, 0.15) is 11.5 Å². The van der Waals surface area contributed by atoms with E-state index >= 15 is 0 Å². The van der Waals surface area contributed by atoms with E-state index in [-0.39, 0.29) is 12.0 Å². The van der Waals surface area contributed by atoms with Crippen LogP contribution in [0.15, 0.2) is 229 Å². The Morgan fingerprint density at radius 2 is 1.12 bits per heavy atom. The van der Waals surface area contributed by atoms with Gasteiger partial charge in [-0.2, -0.15) is 0 Å². The van der Waals surface area contributed by atoms with Crippen molar-refractivity contribution >= 4 is 87.4 Å². The van der Waals surface area contributed by atoms with Crippen molar-refractivity contribution in [1.82, 2.24) is 19.5 Å². The van der Waals surface area contributed by atoms with E-state index in [1.54, 1.807) is 0 Å². The van der Waals surface area contributed by atoms with Gasteiger partial charge >= 0.3 is 0 Å². The second-order valence-corrected chi connectivity index (χ2v) is 18.3. The van der Waals surface area contributed by atoms with Crippen LogP contribution in [0.4, 0.5) is 11.4 Å². The summed E-state index contributed by atoms with van der Waals surface area (Å²) in [6.07, 6.45) is 8.95. The van der Waals surface area contributed by atoms with Gasteiger partial charge in [0, 0.05) is 66.3 Å². The van der Waals surface area contributed by atoms with Crippen LogP contribution in [0.25, 0.3) is 116 Å². The van der Waals surface area contributed by atoms with Crippen LogP contribution >= 0.6 is 0 Å². The molecule has 69 heavy (non-hydrogen) atoms. The summed E-state index contributed by atoms with van der Waals surface area (Å²) < 4.78 is 9.44. The Morgan fingerprint density at radius 3 is 1.96 bits per heavy atom. The van der Waals surface area contributed by atoms with Gasteiger partial charge in [-0.05, 0) is 75.6 Å². The van der Waals surface area contributed by atoms with Crippen LogP contribution in [-0.4, -0.2) is 25.6 Å². The van der Waals surface area contributed by atoms with Crippen LogP contribution in [-0.2, 0) is 0 Å². The highest BCUT2D eigenvalue weighted by Crippen LogP contribution is 2.50.